The molecule has 0 fully saturated rings. The largest absolute Gasteiger partial charge is 0.461 e. The lowest BCUT2D eigenvalue weighted by molar-refractivity contribution is 0.0466. The molecular weight excluding hydrogens is 335 g/mol. The number of likely N-dealkylation sites (N-methyl/N-ethyl adjacent to an activating group) is 1. The maximum atomic E-state index is 12.2. The monoisotopic (exact) mass is 360 g/mol. The highest BCUT2D eigenvalue weighted by molar-refractivity contribution is 6.18. The number of carbonyl (C=O) groups excluding carboxylic acids is 1. The summed E-state index contributed by atoms with van der Waals surface area (Å²) < 4.78 is 5.37. The molecule has 1 aromatic carbocycles. The van der Waals surface area contributed by atoms with Crippen molar-refractivity contribution in [3.8, 4) is 0 Å². The minimum absolute atomic E-state index is 0.296. The first-order chi connectivity index (χ1) is 11.2. The molecule has 0 spiro atoms. The van der Waals surface area contributed by atoms with E-state index < -0.39 is 0 Å². The lowest BCUT2D eigenvalue weighted by Crippen LogP contribution is -2.28. The first kappa shape index (κ1) is 20.1. The standard InChI is InChI=1S/C17H26Cl2N2O2/c1-3-20(4-2)12-13-23-17(22)15-6-5-7-16(14-15)21(10-8-18)11-9-19/h5-7,14H,3-4,8-13H2,1-2H3. The maximum Gasteiger partial charge on any atom is 0.338 e. The van der Waals surface area contributed by atoms with E-state index in [0.29, 0.717) is 37.0 Å². The molecule has 130 valence electrons. The van der Waals surface area contributed by atoms with E-state index in [2.05, 4.69) is 23.6 Å². The van der Waals surface area contributed by atoms with Gasteiger partial charge in [0.2, 0.25) is 0 Å². The van der Waals surface area contributed by atoms with E-state index in [4.69, 9.17) is 27.9 Å². The van der Waals surface area contributed by atoms with Crippen LogP contribution in [-0.2, 0) is 4.74 Å². The van der Waals surface area contributed by atoms with Crippen LogP contribution in [0.1, 0.15) is 24.2 Å². The first-order valence-electron chi connectivity index (χ1n) is 8.02. The Morgan fingerprint density at radius 3 is 2.30 bits per heavy atom. The van der Waals surface area contributed by atoms with Crippen LogP contribution < -0.4 is 4.90 Å². The summed E-state index contributed by atoms with van der Waals surface area (Å²) in [4.78, 5) is 16.5. The molecule has 0 aliphatic heterocycles. The number of hydrogen-bond acceptors (Lipinski definition) is 4. The number of rotatable bonds is 11. The van der Waals surface area contributed by atoms with E-state index in [9.17, 15) is 4.79 Å². The van der Waals surface area contributed by atoms with Crippen molar-refractivity contribution in [3.63, 3.8) is 0 Å². The predicted octanol–water partition coefficient (Wildman–Crippen LogP) is 3.47. The lowest BCUT2D eigenvalue weighted by Gasteiger charge is -2.23. The summed E-state index contributed by atoms with van der Waals surface area (Å²) in [6.07, 6.45) is 0. The maximum absolute atomic E-state index is 12.2. The van der Waals surface area contributed by atoms with Crippen LogP contribution in [0.4, 0.5) is 5.69 Å². The van der Waals surface area contributed by atoms with Gasteiger partial charge >= 0.3 is 5.97 Å². The van der Waals surface area contributed by atoms with E-state index in [0.717, 1.165) is 25.3 Å². The van der Waals surface area contributed by atoms with Crippen molar-refractivity contribution >= 4 is 34.9 Å². The van der Waals surface area contributed by atoms with Gasteiger partial charge in [0.05, 0.1) is 5.56 Å². The van der Waals surface area contributed by atoms with Crippen LogP contribution in [0.25, 0.3) is 0 Å². The second-order valence-electron chi connectivity index (χ2n) is 5.08. The molecule has 0 heterocycles. The fourth-order valence-electron chi connectivity index (χ4n) is 2.29. The Balaban J connectivity index is 2.65. The van der Waals surface area contributed by atoms with Gasteiger partial charge in [0, 0.05) is 37.1 Å². The summed E-state index contributed by atoms with van der Waals surface area (Å²) >= 11 is 11.7. The summed E-state index contributed by atoms with van der Waals surface area (Å²) in [5, 5.41) is 0. The van der Waals surface area contributed by atoms with Gasteiger partial charge in [-0.05, 0) is 31.3 Å². The molecule has 0 bridgehead atoms. The Morgan fingerprint density at radius 2 is 1.74 bits per heavy atom. The van der Waals surface area contributed by atoms with E-state index >= 15 is 0 Å². The van der Waals surface area contributed by atoms with Gasteiger partial charge in [-0.25, -0.2) is 4.79 Å². The highest BCUT2D eigenvalue weighted by Crippen LogP contribution is 2.17. The molecule has 0 aliphatic rings. The first-order valence-corrected chi connectivity index (χ1v) is 9.09. The zero-order valence-electron chi connectivity index (χ0n) is 13.9. The quantitative estimate of drug-likeness (QED) is 0.446. The number of ether oxygens (including phenoxy) is 1. The normalized spacial score (nSPS) is 10.8. The summed E-state index contributed by atoms with van der Waals surface area (Å²) in [6.45, 7) is 8.63. The van der Waals surface area contributed by atoms with Crippen molar-refractivity contribution in [1.29, 1.82) is 0 Å². The van der Waals surface area contributed by atoms with Gasteiger partial charge in [0.25, 0.3) is 0 Å². The summed E-state index contributed by atoms with van der Waals surface area (Å²) in [6, 6.07) is 7.40. The van der Waals surface area contributed by atoms with Crippen molar-refractivity contribution < 1.29 is 9.53 Å². The number of alkyl halides is 2. The lowest BCUT2D eigenvalue weighted by atomic mass is 10.2. The zero-order chi connectivity index (χ0) is 17.1. The van der Waals surface area contributed by atoms with Crippen LogP contribution in [0.15, 0.2) is 24.3 Å². The summed E-state index contributed by atoms with van der Waals surface area (Å²) in [7, 11) is 0. The molecule has 23 heavy (non-hydrogen) atoms. The average molecular weight is 361 g/mol. The number of nitrogens with zero attached hydrogens (tertiary/aromatic N) is 2. The van der Waals surface area contributed by atoms with Gasteiger partial charge in [0.15, 0.2) is 0 Å². The Morgan fingerprint density at radius 1 is 1.09 bits per heavy atom. The Bertz CT molecular complexity index is 462. The van der Waals surface area contributed by atoms with Crippen molar-refractivity contribution in [2.75, 3.05) is 56.0 Å². The van der Waals surface area contributed by atoms with Crippen LogP contribution in [0.3, 0.4) is 0 Å². The van der Waals surface area contributed by atoms with Gasteiger partial charge in [0.1, 0.15) is 6.61 Å². The molecule has 1 rings (SSSR count). The van der Waals surface area contributed by atoms with Crippen LogP contribution >= 0.6 is 23.2 Å². The van der Waals surface area contributed by atoms with Crippen LogP contribution in [0, 0.1) is 0 Å². The number of esters is 1. The van der Waals surface area contributed by atoms with Crippen LogP contribution in [0.2, 0.25) is 0 Å². The molecule has 0 radical (unpaired) electrons. The Hall–Kier alpha value is -0.970. The molecule has 0 amide bonds. The second-order valence-corrected chi connectivity index (χ2v) is 5.83. The fourth-order valence-corrected chi connectivity index (χ4v) is 2.70. The van der Waals surface area contributed by atoms with E-state index in [1.807, 2.05) is 18.2 Å². The predicted molar refractivity (Wildman–Crippen MR) is 98.2 cm³/mol. The average Bonchev–Trinajstić information content (AvgIpc) is 2.58. The molecule has 0 atom stereocenters. The van der Waals surface area contributed by atoms with Crippen molar-refractivity contribution in [2.24, 2.45) is 0 Å². The third kappa shape index (κ3) is 6.98. The number of benzene rings is 1. The zero-order valence-corrected chi connectivity index (χ0v) is 15.4. The van der Waals surface area contributed by atoms with Crippen LogP contribution in [-0.4, -0.2) is 62.0 Å². The third-order valence-electron chi connectivity index (χ3n) is 3.69. The summed E-state index contributed by atoms with van der Waals surface area (Å²) in [5.74, 6) is 0.723. The second kappa shape index (κ2) is 11.5. The molecule has 6 heteroatoms. The smallest absolute Gasteiger partial charge is 0.338 e. The summed E-state index contributed by atoms with van der Waals surface area (Å²) in [5.41, 5.74) is 1.49. The minimum Gasteiger partial charge on any atom is -0.461 e. The van der Waals surface area contributed by atoms with Gasteiger partial charge in [-0.15, -0.1) is 23.2 Å². The molecule has 0 aromatic heterocycles. The van der Waals surface area contributed by atoms with E-state index in [1.54, 1.807) is 6.07 Å². The molecule has 0 unspecified atom stereocenters. The highest BCUT2D eigenvalue weighted by Gasteiger charge is 2.11. The van der Waals surface area contributed by atoms with Gasteiger partial charge in [-0.3, -0.25) is 0 Å². The Labute approximate surface area is 149 Å². The molecule has 0 aliphatic carbocycles. The fraction of sp³-hybridized carbons (Fsp3) is 0.588. The number of hydrogen-bond donors (Lipinski definition) is 0. The van der Waals surface area contributed by atoms with Gasteiger partial charge < -0.3 is 14.5 Å². The SMILES string of the molecule is CCN(CC)CCOC(=O)c1cccc(N(CCCl)CCCl)c1. The molecule has 0 saturated carbocycles. The van der Waals surface area contributed by atoms with Crippen molar-refractivity contribution in [3.05, 3.63) is 29.8 Å². The Kier molecular flexibility index (Phi) is 10.1. The van der Waals surface area contributed by atoms with E-state index in [1.165, 1.54) is 0 Å². The molecule has 0 saturated heterocycles. The number of halogens is 2. The minimum atomic E-state index is -0.296. The molecule has 4 nitrogen and oxygen atoms in total. The van der Waals surface area contributed by atoms with Crippen molar-refractivity contribution in [1.82, 2.24) is 4.90 Å². The van der Waals surface area contributed by atoms with Gasteiger partial charge in [-0.2, -0.15) is 0 Å². The molecule has 1 aromatic rings. The van der Waals surface area contributed by atoms with Crippen molar-refractivity contribution in [2.45, 2.75) is 13.8 Å². The molecular formula is C17H26Cl2N2O2. The van der Waals surface area contributed by atoms with E-state index in [-0.39, 0.29) is 5.97 Å². The molecule has 0 N–H and O–H groups in total. The van der Waals surface area contributed by atoms with Crippen LogP contribution in [0.5, 0.6) is 0 Å². The number of carbonyl (C=O) groups is 1. The number of anilines is 1. The highest BCUT2D eigenvalue weighted by atomic mass is 35.5. The topological polar surface area (TPSA) is 32.8 Å². The third-order valence-corrected chi connectivity index (χ3v) is 4.03. The van der Waals surface area contributed by atoms with Gasteiger partial charge in [-0.1, -0.05) is 19.9 Å².